The topological polar surface area (TPSA) is 15.3 Å². The van der Waals surface area contributed by atoms with Crippen LogP contribution in [0.1, 0.15) is 141 Å². The van der Waals surface area contributed by atoms with Crippen molar-refractivity contribution in [2.75, 3.05) is 20.1 Å². The Morgan fingerprint density at radius 3 is 1.61 bits per heavy atom. The lowest BCUT2D eigenvalue weighted by atomic mass is 9.73. The molecule has 2 nitrogen and oxygen atoms in total. The van der Waals surface area contributed by atoms with Crippen molar-refractivity contribution in [3.63, 3.8) is 0 Å². The standard InChI is InChI=1S/C29H56N2/c1-31-25-17-13-9-5-3-7-11-15-19-29(31)27-22-20-26(21-23-27)28-18-14-10-6-2-4-8-12-16-24-30-28/h26-30H,2-25H2,1H3/t26?,27?,28?,29-/m0/s1. The Morgan fingerprint density at radius 1 is 0.484 bits per heavy atom. The largest absolute Gasteiger partial charge is 0.314 e. The minimum atomic E-state index is 0.814. The van der Waals surface area contributed by atoms with Crippen LogP contribution in [-0.2, 0) is 0 Å². The molecule has 182 valence electrons. The van der Waals surface area contributed by atoms with Crippen LogP contribution in [0.15, 0.2) is 0 Å². The molecule has 1 aliphatic carbocycles. The Kier molecular flexibility index (Phi) is 12.9. The van der Waals surface area contributed by atoms with E-state index in [9.17, 15) is 0 Å². The van der Waals surface area contributed by atoms with Crippen LogP contribution in [0.3, 0.4) is 0 Å². The maximum absolute atomic E-state index is 4.05. The summed E-state index contributed by atoms with van der Waals surface area (Å²) in [5.41, 5.74) is 0. The Bertz CT molecular complexity index is 416. The molecule has 1 unspecified atom stereocenters. The van der Waals surface area contributed by atoms with Crippen molar-refractivity contribution in [1.29, 1.82) is 0 Å². The van der Waals surface area contributed by atoms with Gasteiger partial charge in [-0.3, -0.25) is 0 Å². The second-order valence-electron chi connectivity index (χ2n) is 11.5. The molecular weight excluding hydrogens is 376 g/mol. The van der Waals surface area contributed by atoms with E-state index in [0.717, 1.165) is 23.9 Å². The fraction of sp³-hybridized carbons (Fsp3) is 1.00. The first-order valence-corrected chi connectivity index (χ1v) is 14.8. The number of rotatable bonds is 2. The van der Waals surface area contributed by atoms with Crippen molar-refractivity contribution in [2.45, 2.75) is 153 Å². The zero-order valence-electron chi connectivity index (χ0n) is 21.2. The Balaban J connectivity index is 1.47. The minimum Gasteiger partial charge on any atom is -0.314 e. The van der Waals surface area contributed by atoms with E-state index in [1.807, 2.05) is 0 Å². The van der Waals surface area contributed by atoms with Gasteiger partial charge in [0.1, 0.15) is 0 Å². The molecule has 2 saturated heterocycles. The summed E-state index contributed by atoms with van der Waals surface area (Å²) in [4.78, 5) is 2.79. The van der Waals surface area contributed by atoms with Gasteiger partial charge in [-0.05, 0) is 83.3 Å². The minimum absolute atomic E-state index is 0.814. The molecule has 2 heterocycles. The van der Waals surface area contributed by atoms with Gasteiger partial charge in [-0.2, -0.15) is 0 Å². The van der Waals surface area contributed by atoms with Gasteiger partial charge < -0.3 is 10.2 Å². The molecule has 0 radical (unpaired) electrons. The van der Waals surface area contributed by atoms with Gasteiger partial charge in [0, 0.05) is 12.1 Å². The zero-order valence-corrected chi connectivity index (χ0v) is 21.2. The van der Waals surface area contributed by atoms with Gasteiger partial charge in [-0.15, -0.1) is 0 Å². The van der Waals surface area contributed by atoms with Gasteiger partial charge in [-0.1, -0.05) is 89.9 Å². The third kappa shape index (κ3) is 9.75. The lowest BCUT2D eigenvalue weighted by Gasteiger charge is -2.41. The van der Waals surface area contributed by atoms with Crippen molar-refractivity contribution in [1.82, 2.24) is 10.2 Å². The fourth-order valence-electron chi connectivity index (χ4n) is 7.03. The van der Waals surface area contributed by atoms with E-state index in [4.69, 9.17) is 0 Å². The van der Waals surface area contributed by atoms with Crippen molar-refractivity contribution < 1.29 is 0 Å². The van der Waals surface area contributed by atoms with Crippen LogP contribution in [0.25, 0.3) is 0 Å². The molecule has 0 amide bonds. The SMILES string of the molecule is CN1CCCCCCCCCC[C@H]1C1CCC(C2CCCCCCCCCCN2)CC1. The van der Waals surface area contributed by atoms with Crippen LogP contribution in [0, 0.1) is 11.8 Å². The van der Waals surface area contributed by atoms with E-state index in [1.165, 1.54) is 154 Å². The summed E-state index contributed by atoms with van der Waals surface area (Å²) in [6.45, 7) is 2.62. The summed E-state index contributed by atoms with van der Waals surface area (Å²) < 4.78 is 0. The summed E-state index contributed by atoms with van der Waals surface area (Å²) in [5.74, 6) is 1.92. The highest BCUT2D eigenvalue weighted by molar-refractivity contribution is 4.87. The zero-order chi connectivity index (χ0) is 21.6. The average molecular weight is 433 g/mol. The van der Waals surface area contributed by atoms with Crippen LogP contribution in [0.5, 0.6) is 0 Å². The summed E-state index contributed by atoms with van der Waals surface area (Å²) >= 11 is 0. The van der Waals surface area contributed by atoms with E-state index in [1.54, 1.807) is 0 Å². The molecule has 1 saturated carbocycles. The average Bonchev–Trinajstić information content (AvgIpc) is 2.77. The summed E-state index contributed by atoms with van der Waals surface area (Å²) in [6, 6.07) is 1.68. The van der Waals surface area contributed by atoms with Gasteiger partial charge in [0.2, 0.25) is 0 Å². The number of hydrogen-bond acceptors (Lipinski definition) is 2. The van der Waals surface area contributed by atoms with Crippen molar-refractivity contribution in [3.8, 4) is 0 Å². The molecule has 2 aliphatic heterocycles. The normalized spacial score (nSPS) is 35.1. The molecule has 0 aromatic carbocycles. The van der Waals surface area contributed by atoms with Gasteiger partial charge in [-0.25, -0.2) is 0 Å². The molecule has 3 fully saturated rings. The molecule has 0 aromatic rings. The number of nitrogens with one attached hydrogen (secondary N) is 1. The quantitative estimate of drug-likeness (QED) is 0.474. The van der Waals surface area contributed by atoms with Gasteiger partial charge >= 0.3 is 0 Å². The van der Waals surface area contributed by atoms with E-state index in [2.05, 4.69) is 17.3 Å². The molecule has 3 rings (SSSR count). The first kappa shape index (κ1) is 25.5. The Labute approximate surface area is 195 Å². The Hall–Kier alpha value is -0.0800. The Morgan fingerprint density at radius 2 is 0.968 bits per heavy atom. The third-order valence-electron chi connectivity index (χ3n) is 9.10. The lowest BCUT2D eigenvalue weighted by molar-refractivity contribution is 0.105. The van der Waals surface area contributed by atoms with Crippen LogP contribution in [-0.4, -0.2) is 37.1 Å². The molecule has 31 heavy (non-hydrogen) atoms. The summed E-state index contributed by atoms with van der Waals surface area (Å²) in [7, 11) is 2.46. The monoisotopic (exact) mass is 432 g/mol. The lowest BCUT2D eigenvalue weighted by Crippen LogP contribution is -2.43. The van der Waals surface area contributed by atoms with Crippen molar-refractivity contribution in [2.24, 2.45) is 11.8 Å². The molecule has 2 heteroatoms. The second-order valence-corrected chi connectivity index (χ2v) is 11.5. The molecule has 2 atom stereocenters. The molecule has 1 N–H and O–H groups in total. The van der Waals surface area contributed by atoms with E-state index >= 15 is 0 Å². The van der Waals surface area contributed by atoms with Crippen molar-refractivity contribution in [3.05, 3.63) is 0 Å². The van der Waals surface area contributed by atoms with Crippen LogP contribution in [0.4, 0.5) is 0 Å². The fourth-order valence-corrected chi connectivity index (χ4v) is 7.03. The van der Waals surface area contributed by atoms with Crippen LogP contribution < -0.4 is 5.32 Å². The number of nitrogens with zero attached hydrogens (tertiary/aromatic N) is 1. The molecule has 0 spiro atoms. The molecule has 0 bridgehead atoms. The highest BCUT2D eigenvalue weighted by Gasteiger charge is 2.32. The highest BCUT2D eigenvalue weighted by atomic mass is 15.1. The third-order valence-corrected chi connectivity index (χ3v) is 9.10. The van der Waals surface area contributed by atoms with E-state index in [-0.39, 0.29) is 0 Å². The smallest absolute Gasteiger partial charge is 0.0120 e. The predicted molar refractivity (Wildman–Crippen MR) is 137 cm³/mol. The summed E-state index contributed by atoms with van der Waals surface area (Å²) in [6.07, 6.45) is 32.3. The van der Waals surface area contributed by atoms with Crippen molar-refractivity contribution >= 4 is 0 Å². The summed E-state index contributed by atoms with van der Waals surface area (Å²) in [5, 5.41) is 4.05. The van der Waals surface area contributed by atoms with Gasteiger partial charge in [0.15, 0.2) is 0 Å². The predicted octanol–water partition coefficient (Wildman–Crippen LogP) is 8.10. The van der Waals surface area contributed by atoms with Crippen LogP contribution in [0.2, 0.25) is 0 Å². The number of hydrogen-bond donors (Lipinski definition) is 1. The van der Waals surface area contributed by atoms with Gasteiger partial charge in [0.05, 0.1) is 0 Å². The van der Waals surface area contributed by atoms with Gasteiger partial charge in [0.25, 0.3) is 0 Å². The second kappa shape index (κ2) is 15.7. The highest BCUT2D eigenvalue weighted by Crippen LogP contribution is 2.37. The maximum atomic E-state index is 4.05. The van der Waals surface area contributed by atoms with E-state index in [0.29, 0.717) is 0 Å². The maximum Gasteiger partial charge on any atom is 0.0120 e. The van der Waals surface area contributed by atoms with Crippen LogP contribution >= 0.6 is 0 Å². The molecular formula is C29H56N2. The first-order valence-electron chi connectivity index (χ1n) is 14.8. The first-order chi connectivity index (χ1) is 15.3. The molecule has 3 aliphatic rings. The molecule has 0 aromatic heterocycles. The van der Waals surface area contributed by atoms with E-state index < -0.39 is 0 Å².